The van der Waals surface area contributed by atoms with Gasteiger partial charge in [-0.25, -0.2) is 4.39 Å². The summed E-state index contributed by atoms with van der Waals surface area (Å²) >= 11 is 0. The van der Waals surface area contributed by atoms with Gasteiger partial charge in [0.2, 0.25) is 0 Å². The molecule has 4 heteroatoms. The number of halogens is 1. The van der Waals surface area contributed by atoms with Gasteiger partial charge < -0.3 is 15.2 Å². The first-order valence-electron chi connectivity index (χ1n) is 5.99. The highest BCUT2D eigenvalue weighted by Gasteiger charge is 2.12. The van der Waals surface area contributed by atoms with E-state index in [1.54, 1.807) is 25.3 Å². The number of nitrogens with two attached hydrogens (primary N) is 1. The lowest BCUT2D eigenvalue weighted by molar-refractivity contribution is 0.213. The highest BCUT2D eigenvalue weighted by molar-refractivity contribution is 5.33. The molecule has 2 rings (SSSR count). The van der Waals surface area contributed by atoms with Crippen LogP contribution in [-0.4, -0.2) is 13.7 Å². The molecule has 2 aromatic rings. The van der Waals surface area contributed by atoms with E-state index in [4.69, 9.17) is 15.2 Å². The minimum Gasteiger partial charge on any atom is -0.497 e. The second-order valence-corrected chi connectivity index (χ2v) is 4.07. The van der Waals surface area contributed by atoms with Crippen LogP contribution in [0.5, 0.6) is 11.5 Å². The normalized spacial score (nSPS) is 11.9. The van der Waals surface area contributed by atoms with Gasteiger partial charge in [-0.15, -0.1) is 0 Å². The van der Waals surface area contributed by atoms with Crippen molar-refractivity contribution in [3.8, 4) is 11.5 Å². The highest BCUT2D eigenvalue weighted by atomic mass is 19.1. The molecule has 19 heavy (non-hydrogen) atoms. The Labute approximate surface area is 111 Å². The Balaban J connectivity index is 2.16. The SMILES string of the molecule is COc1cccc(OC(CN)c2ccc(F)cc2)c1. The van der Waals surface area contributed by atoms with Gasteiger partial charge in [-0.2, -0.15) is 0 Å². The first kappa shape index (κ1) is 13.4. The molecule has 2 N–H and O–H groups in total. The zero-order chi connectivity index (χ0) is 13.7. The molecule has 0 heterocycles. The topological polar surface area (TPSA) is 44.5 Å². The van der Waals surface area contributed by atoms with Crippen molar-refractivity contribution in [1.29, 1.82) is 0 Å². The number of ether oxygens (including phenoxy) is 2. The number of methoxy groups -OCH3 is 1. The third kappa shape index (κ3) is 3.45. The lowest BCUT2D eigenvalue weighted by Crippen LogP contribution is -2.18. The quantitative estimate of drug-likeness (QED) is 0.900. The predicted molar refractivity (Wildman–Crippen MR) is 71.8 cm³/mol. The summed E-state index contributed by atoms with van der Waals surface area (Å²) in [5.74, 6) is 1.10. The van der Waals surface area contributed by atoms with Gasteiger partial charge in [0.15, 0.2) is 0 Å². The van der Waals surface area contributed by atoms with Crippen molar-refractivity contribution in [2.75, 3.05) is 13.7 Å². The zero-order valence-electron chi connectivity index (χ0n) is 10.7. The van der Waals surface area contributed by atoms with Gasteiger partial charge >= 0.3 is 0 Å². The summed E-state index contributed by atoms with van der Waals surface area (Å²) in [6, 6.07) is 13.4. The molecule has 0 aliphatic rings. The summed E-state index contributed by atoms with van der Waals surface area (Å²) < 4.78 is 23.8. The van der Waals surface area contributed by atoms with Crippen LogP contribution in [0.1, 0.15) is 11.7 Å². The molecule has 1 atom stereocenters. The third-order valence-corrected chi connectivity index (χ3v) is 2.78. The average Bonchev–Trinajstić information content (AvgIpc) is 2.46. The van der Waals surface area contributed by atoms with E-state index < -0.39 is 0 Å². The van der Waals surface area contributed by atoms with E-state index in [2.05, 4.69) is 0 Å². The Morgan fingerprint density at radius 2 is 1.79 bits per heavy atom. The molecule has 0 amide bonds. The fraction of sp³-hybridized carbons (Fsp3) is 0.200. The van der Waals surface area contributed by atoms with Crippen molar-refractivity contribution in [2.24, 2.45) is 5.73 Å². The number of hydrogen-bond donors (Lipinski definition) is 1. The largest absolute Gasteiger partial charge is 0.497 e. The summed E-state index contributed by atoms with van der Waals surface area (Å²) in [4.78, 5) is 0. The molecule has 3 nitrogen and oxygen atoms in total. The van der Waals surface area contributed by atoms with Gasteiger partial charge in [-0.05, 0) is 29.8 Å². The molecule has 0 saturated heterocycles. The molecule has 0 radical (unpaired) electrons. The standard InChI is InChI=1S/C15H16FNO2/c1-18-13-3-2-4-14(9-13)19-15(10-17)11-5-7-12(16)8-6-11/h2-9,15H,10,17H2,1H3. The van der Waals surface area contributed by atoms with Crippen LogP contribution in [-0.2, 0) is 0 Å². The first-order chi connectivity index (χ1) is 9.22. The van der Waals surface area contributed by atoms with Crippen LogP contribution < -0.4 is 15.2 Å². The lowest BCUT2D eigenvalue weighted by Gasteiger charge is -2.18. The number of hydrogen-bond acceptors (Lipinski definition) is 3. The Morgan fingerprint density at radius 1 is 1.11 bits per heavy atom. The Bertz CT molecular complexity index is 528. The minimum atomic E-state index is -0.312. The summed E-state index contributed by atoms with van der Waals surface area (Å²) in [7, 11) is 1.60. The van der Waals surface area contributed by atoms with Gasteiger partial charge in [0.25, 0.3) is 0 Å². The molecule has 2 aromatic carbocycles. The second-order valence-electron chi connectivity index (χ2n) is 4.07. The fourth-order valence-corrected chi connectivity index (χ4v) is 1.77. The summed E-state index contributed by atoms with van der Waals surface area (Å²) in [5.41, 5.74) is 6.55. The molecule has 1 unspecified atom stereocenters. The molecule has 0 aliphatic carbocycles. The van der Waals surface area contributed by atoms with Crippen LogP contribution >= 0.6 is 0 Å². The molecule has 0 spiro atoms. The van der Waals surface area contributed by atoms with E-state index in [0.29, 0.717) is 18.0 Å². The van der Waals surface area contributed by atoms with Gasteiger partial charge in [0.05, 0.1) is 7.11 Å². The Morgan fingerprint density at radius 3 is 2.42 bits per heavy atom. The van der Waals surface area contributed by atoms with E-state index in [9.17, 15) is 4.39 Å². The third-order valence-electron chi connectivity index (χ3n) is 2.78. The molecule has 0 fully saturated rings. The molecule has 100 valence electrons. The maximum atomic E-state index is 12.9. The van der Waals surface area contributed by atoms with Crippen LogP contribution in [0.2, 0.25) is 0 Å². The average molecular weight is 261 g/mol. The van der Waals surface area contributed by atoms with Gasteiger partial charge in [0, 0.05) is 12.6 Å². The Hall–Kier alpha value is -2.07. The molecular weight excluding hydrogens is 245 g/mol. The summed E-state index contributed by atoms with van der Waals surface area (Å²) in [5, 5.41) is 0. The van der Waals surface area contributed by atoms with Crippen LogP contribution in [0.3, 0.4) is 0 Å². The smallest absolute Gasteiger partial charge is 0.136 e. The predicted octanol–water partition coefficient (Wildman–Crippen LogP) is 2.91. The van der Waals surface area contributed by atoms with Crippen LogP contribution in [0.4, 0.5) is 4.39 Å². The van der Waals surface area contributed by atoms with Crippen molar-refractivity contribution in [1.82, 2.24) is 0 Å². The van der Waals surface area contributed by atoms with Crippen molar-refractivity contribution in [3.05, 3.63) is 59.9 Å². The van der Waals surface area contributed by atoms with E-state index in [1.807, 2.05) is 18.2 Å². The van der Waals surface area contributed by atoms with Crippen LogP contribution in [0.25, 0.3) is 0 Å². The molecule has 0 aromatic heterocycles. The fourth-order valence-electron chi connectivity index (χ4n) is 1.77. The second kappa shape index (κ2) is 6.20. The number of benzene rings is 2. The van der Waals surface area contributed by atoms with Crippen molar-refractivity contribution >= 4 is 0 Å². The van der Waals surface area contributed by atoms with Gasteiger partial charge in [0.1, 0.15) is 23.4 Å². The molecule has 0 bridgehead atoms. The molecule has 0 aliphatic heterocycles. The molecule has 0 saturated carbocycles. The van der Waals surface area contributed by atoms with Gasteiger partial charge in [-0.3, -0.25) is 0 Å². The van der Waals surface area contributed by atoms with E-state index in [1.165, 1.54) is 12.1 Å². The Kier molecular flexibility index (Phi) is 4.36. The number of rotatable bonds is 5. The van der Waals surface area contributed by atoms with Crippen molar-refractivity contribution in [2.45, 2.75) is 6.10 Å². The maximum Gasteiger partial charge on any atom is 0.136 e. The van der Waals surface area contributed by atoms with Crippen LogP contribution in [0, 0.1) is 5.82 Å². The maximum absolute atomic E-state index is 12.9. The monoisotopic (exact) mass is 261 g/mol. The lowest BCUT2D eigenvalue weighted by atomic mass is 10.1. The minimum absolute atomic E-state index is 0.277. The highest BCUT2D eigenvalue weighted by Crippen LogP contribution is 2.24. The van der Waals surface area contributed by atoms with E-state index in [0.717, 1.165) is 5.56 Å². The first-order valence-corrected chi connectivity index (χ1v) is 5.99. The zero-order valence-corrected chi connectivity index (χ0v) is 10.7. The van der Waals surface area contributed by atoms with Gasteiger partial charge in [-0.1, -0.05) is 18.2 Å². The summed E-state index contributed by atoms with van der Waals surface area (Å²) in [6.07, 6.45) is -0.312. The van der Waals surface area contributed by atoms with Crippen LogP contribution in [0.15, 0.2) is 48.5 Å². The van der Waals surface area contributed by atoms with E-state index >= 15 is 0 Å². The molecular formula is C15H16FNO2. The van der Waals surface area contributed by atoms with E-state index in [-0.39, 0.29) is 11.9 Å². The van der Waals surface area contributed by atoms with Crippen molar-refractivity contribution < 1.29 is 13.9 Å². The van der Waals surface area contributed by atoms with Crippen molar-refractivity contribution in [3.63, 3.8) is 0 Å². The summed E-state index contributed by atoms with van der Waals surface area (Å²) in [6.45, 7) is 0.308.